The van der Waals surface area contributed by atoms with Crippen LogP contribution in [0.2, 0.25) is 0 Å². The summed E-state index contributed by atoms with van der Waals surface area (Å²) in [4.78, 5) is 0. The first-order chi connectivity index (χ1) is 9.97. The third kappa shape index (κ3) is 5.49. The van der Waals surface area contributed by atoms with Crippen molar-refractivity contribution in [2.24, 2.45) is 5.92 Å². The van der Waals surface area contributed by atoms with Gasteiger partial charge in [0.15, 0.2) is 0 Å². The predicted molar refractivity (Wildman–Crippen MR) is 83.3 cm³/mol. The summed E-state index contributed by atoms with van der Waals surface area (Å²) in [6.07, 6.45) is 3.82. The van der Waals surface area contributed by atoms with Crippen molar-refractivity contribution in [1.29, 1.82) is 0 Å². The number of nitrogens with zero attached hydrogens (tertiary/aromatic N) is 1. The highest BCUT2D eigenvalue weighted by Crippen LogP contribution is 2.19. The highest BCUT2D eigenvalue weighted by molar-refractivity contribution is 7.87. The van der Waals surface area contributed by atoms with Crippen molar-refractivity contribution < 1.29 is 13.2 Å². The second-order valence-corrected chi connectivity index (χ2v) is 8.17. The second-order valence-electron chi connectivity index (χ2n) is 6.47. The van der Waals surface area contributed by atoms with Crippen LogP contribution in [0.25, 0.3) is 0 Å². The van der Waals surface area contributed by atoms with Crippen LogP contribution in [0.1, 0.15) is 39.5 Å². The summed E-state index contributed by atoms with van der Waals surface area (Å²) in [6.45, 7) is 7.58. The second kappa shape index (κ2) is 7.87. The van der Waals surface area contributed by atoms with E-state index in [2.05, 4.69) is 23.9 Å². The lowest BCUT2D eigenvalue weighted by atomic mass is 9.99. The molecule has 6 nitrogen and oxygen atoms in total. The Balaban J connectivity index is 1.86. The van der Waals surface area contributed by atoms with E-state index < -0.39 is 10.2 Å². The summed E-state index contributed by atoms with van der Waals surface area (Å²) in [5.41, 5.74) is 0. The van der Waals surface area contributed by atoms with Gasteiger partial charge in [-0.2, -0.15) is 17.4 Å². The fourth-order valence-electron chi connectivity index (χ4n) is 2.93. The number of hydrogen-bond acceptors (Lipinski definition) is 4. The van der Waals surface area contributed by atoms with Crippen LogP contribution in [0.15, 0.2) is 0 Å². The van der Waals surface area contributed by atoms with Crippen molar-refractivity contribution in [3.8, 4) is 0 Å². The van der Waals surface area contributed by atoms with Crippen molar-refractivity contribution in [3.63, 3.8) is 0 Å². The first-order valence-electron chi connectivity index (χ1n) is 8.06. The fourth-order valence-corrected chi connectivity index (χ4v) is 4.47. The molecule has 2 aliphatic rings. The molecule has 0 spiro atoms. The highest BCUT2D eigenvalue weighted by atomic mass is 32.2. The van der Waals surface area contributed by atoms with Gasteiger partial charge in [-0.05, 0) is 38.1 Å². The van der Waals surface area contributed by atoms with Crippen molar-refractivity contribution in [1.82, 2.24) is 14.3 Å². The molecule has 0 aromatic heterocycles. The lowest BCUT2D eigenvalue weighted by Gasteiger charge is -2.34. The van der Waals surface area contributed by atoms with Gasteiger partial charge in [-0.3, -0.25) is 0 Å². The van der Waals surface area contributed by atoms with Gasteiger partial charge in [-0.15, -0.1) is 0 Å². The number of rotatable bonds is 6. The minimum Gasteiger partial charge on any atom is -0.380 e. The molecule has 2 atom stereocenters. The topological polar surface area (TPSA) is 70.7 Å². The van der Waals surface area contributed by atoms with Gasteiger partial charge in [-0.25, -0.2) is 0 Å². The van der Waals surface area contributed by atoms with Gasteiger partial charge in [0.1, 0.15) is 0 Å². The van der Waals surface area contributed by atoms with Crippen LogP contribution in [0.5, 0.6) is 0 Å². The maximum atomic E-state index is 12.5. The molecule has 2 saturated heterocycles. The van der Waals surface area contributed by atoms with E-state index in [1.165, 1.54) is 0 Å². The van der Waals surface area contributed by atoms with E-state index in [0.29, 0.717) is 31.7 Å². The average molecular weight is 319 g/mol. The van der Waals surface area contributed by atoms with Gasteiger partial charge >= 0.3 is 0 Å². The molecule has 0 saturated carbocycles. The summed E-state index contributed by atoms with van der Waals surface area (Å²) >= 11 is 0. The molecule has 2 N–H and O–H groups in total. The quantitative estimate of drug-likeness (QED) is 0.756. The maximum absolute atomic E-state index is 12.5. The Morgan fingerprint density at radius 3 is 2.76 bits per heavy atom. The SMILES string of the molecule is CC(C)NCC1CCCN(S(=O)(=O)NC2CCCOC2)C1. The van der Waals surface area contributed by atoms with Crippen LogP contribution in [-0.4, -0.2) is 57.7 Å². The van der Waals surface area contributed by atoms with Crippen LogP contribution in [0.3, 0.4) is 0 Å². The molecule has 0 aromatic rings. The van der Waals surface area contributed by atoms with Gasteiger partial charge in [0.05, 0.1) is 6.61 Å². The smallest absolute Gasteiger partial charge is 0.279 e. The Bertz CT molecular complexity index is 408. The van der Waals surface area contributed by atoms with Crippen LogP contribution >= 0.6 is 0 Å². The molecular formula is C14H29N3O3S. The van der Waals surface area contributed by atoms with Gasteiger partial charge in [0.25, 0.3) is 10.2 Å². The average Bonchev–Trinajstić information content (AvgIpc) is 2.46. The Labute approximate surface area is 128 Å². The first-order valence-corrected chi connectivity index (χ1v) is 9.50. The third-order valence-corrected chi connectivity index (χ3v) is 5.75. The monoisotopic (exact) mass is 319 g/mol. The van der Waals surface area contributed by atoms with Crippen molar-refractivity contribution in [2.45, 2.75) is 51.6 Å². The summed E-state index contributed by atoms with van der Waals surface area (Å²) in [7, 11) is -3.38. The first kappa shape index (κ1) is 17.1. The molecule has 2 aliphatic heterocycles. The fraction of sp³-hybridized carbons (Fsp3) is 1.00. The van der Waals surface area contributed by atoms with E-state index in [1.807, 2.05) is 0 Å². The zero-order valence-electron chi connectivity index (χ0n) is 13.2. The Kier molecular flexibility index (Phi) is 6.43. The van der Waals surface area contributed by atoms with Crippen molar-refractivity contribution in [3.05, 3.63) is 0 Å². The lowest BCUT2D eigenvalue weighted by Crippen LogP contribution is -2.51. The number of piperidine rings is 1. The Hall–Kier alpha value is -0.210. The van der Waals surface area contributed by atoms with Gasteiger partial charge in [0, 0.05) is 31.8 Å². The lowest BCUT2D eigenvalue weighted by molar-refractivity contribution is 0.0766. The maximum Gasteiger partial charge on any atom is 0.279 e. The summed E-state index contributed by atoms with van der Waals surface area (Å²) < 4.78 is 34.7. The molecule has 21 heavy (non-hydrogen) atoms. The minimum absolute atomic E-state index is 0.0714. The molecule has 2 unspecified atom stereocenters. The van der Waals surface area contributed by atoms with Gasteiger partial charge in [0.2, 0.25) is 0 Å². The number of hydrogen-bond donors (Lipinski definition) is 2. The standard InChI is InChI=1S/C14H29N3O3S/c1-12(2)15-9-13-5-3-7-17(10-13)21(18,19)16-14-6-4-8-20-11-14/h12-16H,3-11H2,1-2H3. The molecule has 2 heterocycles. The zero-order chi connectivity index (χ0) is 15.3. The molecule has 2 fully saturated rings. The van der Waals surface area contributed by atoms with E-state index in [0.717, 1.165) is 38.8 Å². The Morgan fingerprint density at radius 1 is 1.29 bits per heavy atom. The van der Waals surface area contributed by atoms with E-state index in [9.17, 15) is 8.42 Å². The van der Waals surface area contributed by atoms with Crippen LogP contribution in [0.4, 0.5) is 0 Å². The predicted octanol–water partition coefficient (Wildman–Crippen LogP) is 0.710. The van der Waals surface area contributed by atoms with Crippen LogP contribution < -0.4 is 10.0 Å². The molecule has 0 bridgehead atoms. The van der Waals surface area contributed by atoms with Crippen molar-refractivity contribution >= 4 is 10.2 Å². The Morgan fingerprint density at radius 2 is 2.10 bits per heavy atom. The van der Waals surface area contributed by atoms with E-state index in [4.69, 9.17) is 4.74 Å². The number of nitrogens with one attached hydrogen (secondary N) is 2. The summed E-state index contributed by atoms with van der Waals surface area (Å²) in [6, 6.07) is 0.368. The van der Waals surface area contributed by atoms with E-state index in [-0.39, 0.29) is 6.04 Å². The van der Waals surface area contributed by atoms with E-state index >= 15 is 0 Å². The van der Waals surface area contributed by atoms with Crippen molar-refractivity contribution in [2.75, 3.05) is 32.8 Å². The summed E-state index contributed by atoms with van der Waals surface area (Å²) in [5.74, 6) is 0.403. The minimum atomic E-state index is -3.38. The molecule has 7 heteroatoms. The molecule has 2 rings (SSSR count). The molecule has 0 aromatic carbocycles. The van der Waals surface area contributed by atoms with Crippen LogP contribution in [-0.2, 0) is 14.9 Å². The van der Waals surface area contributed by atoms with Gasteiger partial charge < -0.3 is 10.1 Å². The molecule has 124 valence electrons. The van der Waals surface area contributed by atoms with Crippen LogP contribution in [0, 0.1) is 5.92 Å². The largest absolute Gasteiger partial charge is 0.380 e. The van der Waals surface area contributed by atoms with E-state index in [1.54, 1.807) is 4.31 Å². The molecule has 0 radical (unpaired) electrons. The third-order valence-electron chi connectivity index (χ3n) is 4.11. The molecule has 0 amide bonds. The molecular weight excluding hydrogens is 290 g/mol. The summed E-state index contributed by atoms with van der Waals surface area (Å²) in [5, 5.41) is 3.41. The number of ether oxygens (including phenoxy) is 1. The molecule has 0 aliphatic carbocycles. The van der Waals surface area contributed by atoms with Gasteiger partial charge in [-0.1, -0.05) is 13.8 Å². The zero-order valence-corrected chi connectivity index (χ0v) is 14.0. The highest BCUT2D eigenvalue weighted by Gasteiger charge is 2.31. The normalized spacial score (nSPS) is 28.9.